The molecule has 0 aromatic heterocycles. The summed E-state index contributed by atoms with van der Waals surface area (Å²) < 4.78 is 27.6. The van der Waals surface area contributed by atoms with Gasteiger partial charge in [0.15, 0.2) is 0 Å². The fraction of sp³-hybridized carbons (Fsp3) is 0.500. The van der Waals surface area contributed by atoms with Gasteiger partial charge in [0.05, 0.1) is 0 Å². The van der Waals surface area contributed by atoms with E-state index in [2.05, 4.69) is 6.92 Å². The van der Waals surface area contributed by atoms with Crippen LogP contribution in [0.25, 0.3) is 0 Å². The molecule has 18 heavy (non-hydrogen) atoms. The molecular weight excluding hydrogens is 236 g/mol. The Bertz CT molecular complexity index is 416. The highest BCUT2D eigenvalue weighted by Crippen LogP contribution is 2.29. The molecule has 1 aliphatic heterocycles. The Hall–Kier alpha value is -1.45. The molecule has 0 radical (unpaired) electrons. The normalized spacial score (nSPS) is 16.9. The van der Waals surface area contributed by atoms with E-state index in [0.29, 0.717) is 25.3 Å². The molecule has 1 aliphatic rings. The maximum atomic E-state index is 13.8. The van der Waals surface area contributed by atoms with Gasteiger partial charge in [0, 0.05) is 18.7 Å². The standard InChI is InChI=1S/C14H17F2NO/c1-2-10-3-5-17(6-4-10)14-12(15)7-11(9-18)8-13(14)16/h7-10H,2-6H2,1H3. The second kappa shape index (κ2) is 5.46. The van der Waals surface area contributed by atoms with E-state index in [4.69, 9.17) is 0 Å². The van der Waals surface area contributed by atoms with Crippen molar-refractivity contribution in [3.05, 3.63) is 29.3 Å². The summed E-state index contributed by atoms with van der Waals surface area (Å²) in [4.78, 5) is 12.3. The number of carbonyl (C=O) groups is 1. The molecule has 0 spiro atoms. The molecule has 1 heterocycles. The van der Waals surface area contributed by atoms with E-state index < -0.39 is 11.6 Å². The van der Waals surface area contributed by atoms with Crippen LogP contribution in [-0.4, -0.2) is 19.4 Å². The van der Waals surface area contributed by atoms with Gasteiger partial charge in [-0.15, -0.1) is 0 Å². The lowest BCUT2D eigenvalue weighted by molar-refractivity contribution is 0.112. The van der Waals surface area contributed by atoms with Crippen molar-refractivity contribution < 1.29 is 13.6 Å². The fourth-order valence-corrected chi connectivity index (χ4v) is 2.52. The van der Waals surface area contributed by atoms with E-state index >= 15 is 0 Å². The number of anilines is 1. The molecule has 0 amide bonds. The number of carbonyl (C=O) groups excluding carboxylic acids is 1. The van der Waals surface area contributed by atoms with E-state index in [1.54, 1.807) is 4.90 Å². The lowest BCUT2D eigenvalue weighted by Gasteiger charge is -2.33. The van der Waals surface area contributed by atoms with Gasteiger partial charge < -0.3 is 4.90 Å². The molecule has 2 nitrogen and oxygen atoms in total. The Kier molecular flexibility index (Phi) is 3.94. The highest BCUT2D eigenvalue weighted by atomic mass is 19.1. The third kappa shape index (κ3) is 2.52. The van der Waals surface area contributed by atoms with Crippen molar-refractivity contribution in [1.29, 1.82) is 0 Å². The average molecular weight is 253 g/mol. The zero-order valence-electron chi connectivity index (χ0n) is 10.5. The van der Waals surface area contributed by atoms with Gasteiger partial charge in [0.2, 0.25) is 0 Å². The van der Waals surface area contributed by atoms with E-state index in [9.17, 15) is 13.6 Å². The Morgan fingerprint density at radius 1 is 1.28 bits per heavy atom. The third-order valence-electron chi connectivity index (χ3n) is 3.68. The second-order valence-electron chi connectivity index (χ2n) is 4.79. The van der Waals surface area contributed by atoms with Crippen molar-refractivity contribution in [2.45, 2.75) is 26.2 Å². The summed E-state index contributed by atoms with van der Waals surface area (Å²) in [5.74, 6) is -0.638. The summed E-state index contributed by atoms with van der Waals surface area (Å²) in [5, 5.41) is 0. The lowest BCUT2D eigenvalue weighted by Crippen LogP contribution is -2.34. The number of halogens is 2. The molecule has 1 aromatic rings. The summed E-state index contributed by atoms with van der Waals surface area (Å²) >= 11 is 0. The smallest absolute Gasteiger partial charge is 0.150 e. The number of piperidine rings is 1. The topological polar surface area (TPSA) is 20.3 Å². The predicted octanol–water partition coefficient (Wildman–Crippen LogP) is 3.40. The highest BCUT2D eigenvalue weighted by molar-refractivity contribution is 5.76. The molecule has 1 aromatic carbocycles. The summed E-state index contributed by atoms with van der Waals surface area (Å²) in [7, 11) is 0. The van der Waals surface area contributed by atoms with Crippen LogP contribution in [-0.2, 0) is 0 Å². The van der Waals surface area contributed by atoms with Crippen LogP contribution in [0.15, 0.2) is 12.1 Å². The fourth-order valence-electron chi connectivity index (χ4n) is 2.52. The number of nitrogens with zero attached hydrogens (tertiary/aromatic N) is 1. The molecule has 0 saturated carbocycles. The van der Waals surface area contributed by atoms with Crippen LogP contribution in [0.1, 0.15) is 36.5 Å². The van der Waals surface area contributed by atoms with E-state index in [1.807, 2.05) is 0 Å². The molecule has 0 bridgehead atoms. The number of benzene rings is 1. The molecule has 4 heteroatoms. The Labute approximate surface area is 106 Å². The molecule has 98 valence electrons. The van der Waals surface area contributed by atoms with E-state index in [-0.39, 0.29) is 11.3 Å². The molecule has 0 N–H and O–H groups in total. The molecule has 1 fully saturated rings. The highest BCUT2D eigenvalue weighted by Gasteiger charge is 2.23. The van der Waals surface area contributed by atoms with Gasteiger partial charge in [-0.2, -0.15) is 0 Å². The van der Waals surface area contributed by atoms with E-state index in [0.717, 1.165) is 31.4 Å². The second-order valence-corrected chi connectivity index (χ2v) is 4.79. The molecular formula is C14H17F2NO. The monoisotopic (exact) mass is 253 g/mol. The SMILES string of the molecule is CCC1CCN(c2c(F)cc(C=O)cc2F)CC1. The summed E-state index contributed by atoms with van der Waals surface area (Å²) in [6.07, 6.45) is 3.50. The molecule has 1 saturated heterocycles. The number of hydrogen-bond donors (Lipinski definition) is 0. The van der Waals surface area contributed by atoms with Gasteiger partial charge in [-0.1, -0.05) is 13.3 Å². The van der Waals surface area contributed by atoms with Crippen molar-refractivity contribution >= 4 is 12.0 Å². The molecule has 0 atom stereocenters. The third-order valence-corrected chi connectivity index (χ3v) is 3.68. The zero-order chi connectivity index (χ0) is 13.1. The van der Waals surface area contributed by atoms with Crippen LogP contribution in [0.4, 0.5) is 14.5 Å². The lowest BCUT2D eigenvalue weighted by atomic mass is 9.94. The summed E-state index contributed by atoms with van der Waals surface area (Å²) in [6.45, 7) is 3.49. The number of aldehydes is 1. The van der Waals surface area contributed by atoms with Gasteiger partial charge >= 0.3 is 0 Å². The van der Waals surface area contributed by atoms with E-state index in [1.165, 1.54) is 0 Å². The van der Waals surface area contributed by atoms with Crippen LogP contribution in [0.2, 0.25) is 0 Å². The first-order chi connectivity index (χ1) is 8.65. The van der Waals surface area contributed by atoms with Crippen molar-refractivity contribution in [1.82, 2.24) is 0 Å². The van der Waals surface area contributed by atoms with Gasteiger partial charge in [0.25, 0.3) is 0 Å². The first-order valence-electron chi connectivity index (χ1n) is 6.34. The summed E-state index contributed by atoms with van der Waals surface area (Å²) in [5.41, 5.74) is 0.0485. The Balaban J connectivity index is 2.21. The van der Waals surface area contributed by atoms with Crippen LogP contribution >= 0.6 is 0 Å². The van der Waals surface area contributed by atoms with Crippen LogP contribution < -0.4 is 4.90 Å². The minimum absolute atomic E-state index is 0.00940. The number of hydrogen-bond acceptors (Lipinski definition) is 2. The van der Waals surface area contributed by atoms with Crippen LogP contribution in [0.5, 0.6) is 0 Å². The van der Waals surface area contributed by atoms with Crippen molar-refractivity contribution in [3.8, 4) is 0 Å². The predicted molar refractivity (Wildman–Crippen MR) is 67.0 cm³/mol. The first kappa shape index (κ1) is 13.0. The molecule has 0 aliphatic carbocycles. The van der Waals surface area contributed by atoms with Crippen molar-refractivity contribution in [3.63, 3.8) is 0 Å². The van der Waals surface area contributed by atoms with Crippen molar-refractivity contribution in [2.24, 2.45) is 5.92 Å². The van der Waals surface area contributed by atoms with Gasteiger partial charge in [-0.25, -0.2) is 8.78 Å². The quantitative estimate of drug-likeness (QED) is 0.769. The van der Waals surface area contributed by atoms with Gasteiger partial charge in [-0.05, 0) is 30.9 Å². The van der Waals surface area contributed by atoms with Crippen molar-refractivity contribution in [2.75, 3.05) is 18.0 Å². The first-order valence-corrected chi connectivity index (χ1v) is 6.34. The summed E-state index contributed by atoms with van der Waals surface area (Å²) in [6, 6.07) is 2.19. The maximum Gasteiger partial charge on any atom is 0.150 e. The maximum absolute atomic E-state index is 13.8. The number of rotatable bonds is 3. The zero-order valence-corrected chi connectivity index (χ0v) is 10.5. The van der Waals surface area contributed by atoms with Gasteiger partial charge in [-0.3, -0.25) is 4.79 Å². The molecule has 0 unspecified atom stereocenters. The minimum Gasteiger partial charge on any atom is -0.367 e. The Morgan fingerprint density at radius 2 is 1.83 bits per heavy atom. The minimum atomic E-state index is -0.646. The average Bonchev–Trinajstić information content (AvgIpc) is 2.38. The largest absolute Gasteiger partial charge is 0.367 e. The molecule has 2 rings (SSSR count). The van der Waals surface area contributed by atoms with Crippen LogP contribution in [0, 0.1) is 17.6 Å². The van der Waals surface area contributed by atoms with Gasteiger partial charge in [0.1, 0.15) is 23.6 Å². The Morgan fingerprint density at radius 3 is 2.28 bits per heavy atom. The van der Waals surface area contributed by atoms with Crippen LogP contribution in [0.3, 0.4) is 0 Å².